The molecule has 0 spiro atoms. The fourth-order valence-electron chi connectivity index (χ4n) is 1.73. The number of rotatable bonds is 6. The molecular formula is C15H21N5O. The van der Waals surface area contributed by atoms with Crippen LogP contribution in [0, 0.1) is 0 Å². The lowest BCUT2D eigenvalue weighted by Crippen LogP contribution is -2.15. The third-order valence-electron chi connectivity index (χ3n) is 2.88. The molecule has 0 aliphatic rings. The Hall–Kier alpha value is -2.37. The zero-order chi connectivity index (χ0) is 15.2. The molecule has 0 saturated carbocycles. The Morgan fingerprint density at radius 2 is 1.76 bits per heavy atom. The Kier molecular flexibility index (Phi) is 4.92. The van der Waals surface area contributed by atoms with Gasteiger partial charge in [0.2, 0.25) is 11.9 Å². The van der Waals surface area contributed by atoms with Gasteiger partial charge in [-0.1, -0.05) is 19.1 Å². The van der Waals surface area contributed by atoms with Crippen molar-refractivity contribution in [3.05, 3.63) is 29.8 Å². The first-order chi connectivity index (χ1) is 10.1. The van der Waals surface area contributed by atoms with E-state index in [1.165, 1.54) is 5.56 Å². The van der Waals surface area contributed by atoms with E-state index in [0.717, 1.165) is 13.0 Å². The monoisotopic (exact) mass is 287 g/mol. The van der Waals surface area contributed by atoms with Gasteiger partial charge in [-0.05, 0) is 31.0 Å². The largest absolute Gasteiger partial charge is 0.424 e. The van der Waals surface area contributed by atoms with E-state index in [1.54, 1.807) is 0 Å². The number of aryl methyl sites for hydroxylation is 1. The first kappa shape index (κ1) is 15.0. The Morgan fingerprint density at radius 3 is 2.33 bits per heavy atom. The molecule has 0 aliphatic heterocycles. The van der Waals surface area contributed by atoms with Crippen molar-refractivity contribution in [3.8, 4) is 11.8 Å². The first-order valence-corrected chi connectivity index (χ1v) is 7.06. The molecule has 0 atom stereocenters. The maximum absolute atomic E-state index is 5.73. The molecule has 21 heavy (non-hydrogen) atoms. The highest BCUT2D eigenvalue weighted by molar-refractivity contribution is 5.38. The quantitative estimate of drug-likeness (QED) is 0.881. The molecule has 0 fully saturated rings. The van der Waals surface area contributed by atoms with Crippen LogP contribution in [-0.2, 0) is 6.42 Å². The van der Waals surface area contributed by atoms with Gasteiger partial charge in [-0.25, -0.2) is 0 Å². The Bertz CT molecular complexity index is 583. The Morgan fingerprint density at radius 1 is 1.05 bits per heavy atom. The van der Waals surface area contributed by atoms with Crippen LogP contribution in [0.15, 0.2) is 24.3 Å². The van der Waals surface area contributed by atoms with Gasteiger partial charge in [0.25, 0.3) is 0 Å². The topological polar surface area (TPSA) is 63.2 Å². The Labute approximate surface area is 125 Å². The molecule has 0 unspecified atom stereocenters. The summed E-state index contributed by atoms with van der Waals surface area (Å²) in [6.07, 6.45) is 1.00. The number of hydrogen-bond donors (Lipinski definition) is 1. The van der Waals surface area contributed by atoms with E-state index in [9.17, 15) is 0 Å². The molecule has 2 aromatic rings. The van der Waals surface area contributed by atoms with Crippen molar-refractivity contribution in [3.63, 3.8) is 0 Å². The molecule has 0 radical (unpaired) electrons. The average Bonchev–Trinajstić information content (AvgIpc) is 2.48. The lowest BCUT2D eigenvalue weighted by atomic mass is 10.2. The second-order valence-electron chi connectivity index (χ2n) is 4.77. The molecule has 112 valence electrons. The minimum Gasteiger partial charge on any atom is -0.424 e. The van der Waals surface area contributed by atoms with E-state index < -0.39 is 0 Å². The van der Waals surface area contributed by atoms with Crippen molar-refractivity contribution in [2.45, 2.75) is 20.3 Å². The first-order valence-electron chi connectivity index (χ1n) is 7.06. The molecule has 1 heterocycles. The highest BCUT2D eigenvalue weighted by atomic mass is 16.5. The number of benzene rings is 1. The predicted octanol–water partition coefficient (Wildman–Crippen LogP) is 2.72. The van der Waals surface area contributed by atoms with Gasteiger partial charge in [0.05, 0.1) is 0 Å². The van der Waals surface area contributed by atoms with Crippen LogP contribution in [-0.4, -0.2) is 35.6 Å². The molecule has 0 bridgehead atoms. The second kappa shape index (κ2) is 6.88. The van der Waals surface area contributed by atoms with Crippen molar-refractivity contribution in [1.29, 1.82) is 0 Å². The van der Waals surface area contributed by atoms with E-state index in [0.29, 0.717) is 17.6 Å². The van der Waals surface area contributed by atoms with Gasteiger partial charge in [-0.2, -0.15) is 15.0 Å². The van der Waals surface area contributed by atoms with Crippen LogP contribution in [0.3, 0.4) is 0 Å². The van der Waals surface area contributed by atoms with Crippen LogP contribution < -0.4 is 15.0 Å². The summed E-state index contributed by atoms with van der Waals surface area (Å²) < 4.78 is 5.73. The zero-order valence-corrected chi connectivity index (χ0v) is 12.9. The van der Waals surface area contributed by atoms with E-state index in [2.05, 4.69) is 27.2 Å². The van der Waals surface area contributed by atoms with Gasteiger partial charge in [-0.3, -0.25) is 0 Å². The molecule has 0 saturated heterocycles. The van der Waals surface area contributed by atoms with Crippen LogP contribution in [0.4, 0.5) is 11.9 Å². The fraction of sp³-hybridized carbons (Fsp3) is 0.400. The molecule has 0 aliphatic carbocycles. The lowest BCUT2D eigenvalue weighted by molar-refractivity contribution is 0.440. The molecule has 1 aromatic carbocycles. The standard InChI is InChI=1S/C15H21N5O/c1-5-11-7-9-12(10-8-11)21-15-18-13(16-6-2)17-14(19-15)20(3)4/h7-10H,5-6H2,1-4H3,(H,16,17,18,19). The average molecular weight is 287 g/mol. The van der Waals surface area contributed by atoms with Crippen molar-refractivity contribution < 1.29 is 4.74 Å². The van der Waals surface area contributed by atoms with Gasteiger partial charge in [0, 0.05) is 20.6 Å². The minimum atomic E-state index is 0.286. The number of nitrogens with one attached hydrogen (secondary N) is 1. The van der Waals surface area contributed by atoms with Crippen molar-refractivity contribution in [2.24, 2.45) is 0 Å². The summed E-state index contributed by atoms with van der Waals surface area (Å²) in [6.45, 7) is 4.85. The zero-order valence-electron chi connectivity index (χ0n) is 12.9. The number of anilines is 2. The van der Waals surface area contributed by atoms with Gasteiger partial charge >= 0.3 is 6.01 Å². The molecule has 6 heteroatoms. The summed E-state index contributed by atoms with van der Waals surface area (Å²) in [7, 11) is 3.76. The van der Waals surface area contributed by atoms with Gasteiger partial charge < -0.3 is 15.0 Å². The van der Waals surface area contributed by atoms with Gasteiger partial charge in [-0.15, -0.1) is 0 Å². The van der Waals surface area contributed by atoms with Crippen molar-refractivity contribution >= 4 is 11.9 Å². The summed E-state index contributed by atoms with van der Waals surface area (Å²) in [5.41, 5.74) is 1.26. The Balaban J connectivity index is 2.24. The summed E-state index contributed by atoms with van der Waals surface area (Å²) in [4.78, 5) is 14.7. The van der Waals surface area contributed by atoms with Crippen molar-refractivity contribution in [1.82, 2.24) is 15.0 Å². The predicted molar refractivity (Wildman–Crippen MR) is 84.2 cm³/mol. The van der Waals surface area contributed by atoms with Crippen LogP contribution >= 0.6 is 0 Å². The van der Waals surface area contributed by atoms with E-state index >= 15 is 0 Å². The second-order valence-corrected chi connectivity index (χ2v) is 4.77. The number of aromatic nitrogens is 3. The fourth-order valence-corrected chi connectivity index (χ4v) is 1.73. The molecule has 1 aromatic heterocycles. The van der Waals surface area contributed by atoms with E-state index in [1.807, 2.05) is 50.2 Å². The number of nitrogens with zero attached hydrogens (tertiary/aromatic N) is 4. The normalized spacial score (nSPS) is 10.3. The van der Waals surface area contributed by atoms with Crippen LogP contribution in [0.25, 0.3) is 0 Å². The summed E-state index contributed by atoms with van der Waals surface area (Å²) in [5.74, 6) is 1.78. The third-order valence-corrected chi connectivity index (χ3v) is 2.88. The summed E-state index contributed by atoms with van der Waals surface area (Å²) in [6, 6.07) is 8.20. The van der Waals surface area contributed by atoms with Crippen LogP contribution in [0.2, 0.25) is 0 Å². The molecule has 2 rings (SSSR count). The SMILES string of the molecule is CCNc1nc(Oc2ccc(CC)cc2)nc(N(C)C)n1. The van der Waals surface area contributed by atoms with Crippen LogP contribution in [0.1, 0.15) is 19.4 Å². The molecular weight excluding hydrogens is 266 g/mol. The van der Waals surface area contributed by atoms with Gasteiger partial charge in [0.15, 0.2) is 0 Å². The van der Waals surface area contributed by atoms with Crippen LogP contribution in [0.5, 0.6) is 11.8 Å². The highest BCUT2D eigenvalue weighted by Gasteiger charge is 2.09. The summed E-state index contributed by atoms with van der Waals surface area (Å²) in [5, 5.41) is 3.08. The van der Waals surface area contributed by atoms with Crippen molar-refractivity contribution in [2.75, 3.05) is 30.9 Å². The maximum atomic E-state index is 5.73. The molecule has 0 amide bonds. The molecule has 6 nitrogen and oxygen atoms in total. The smallest absolute Gasteiger partial charge is 0.328 e. The van der Waals surface area contributed by atoms with E-state index in [4.69, 9.17) is 4.74 Å². The number of hydrogen-bond acceptors (Lipinski definition) is 6. The van der Waals surface area contributed by atoms with Gasteiger partial charge in [0.1, 0.15) is 5.75 Å². The maximum Gasteiger partial charge on any atom is 0.328 e. The van der Waals surface area contributed by atoms with E-state index in [-0.39, 0.29) is 6.01 Å². The minimum absolute atomic E-state index is 0.286. The lowest BCUT2D eigenvalue weighted by Gasteiger charge is -2.13. The third kappa shape index (κ3) is 4.05. The summed E-state index contributed by atoms with van der Waals surface area (Å²) >= 11 is 0. The molecule has 1 N–H and O–H groups in total. The number of ether oxygens (including phenoxy) is 1. The highest BCUT2D eigenvalue weighted by Crippen LogP contribution is 2.21.